The van der Waals surface area contributed by atoms with E-state index in [1.54, 1.807) is 6.08 Å². The topological polar surface area (TPSA) is 37.3 Å². The molecular weight excluding hydrogens is 188 g/mol. The van der Waals surface area contributed by atoms with Crippen molar-refractivity contribution in [3.05, 3.63) is 48.0 Å². The van der Waals surface area contributed by atoms with Gasteiger partial charge in [-0.15, -0.1) is 0 Å². The molecule has 0 aromatic heterocycles. The molecule has 1 aliphatic rings. The van der Waals surface area contributed by atoms with Crippen molar-refractivity contribution in [2.75, 3.05) is 6.61 Å². The van der Waals surface area contributed by atoms with Crippen LogP contribution in [0.4, 0.5) is 0 Å². The molecule has 1 N–H and O–H groups in total. The van der Waals surface area contributed by atoms with E-state index < -0.39 is 0 Å². The molecule has 15 heavy (non-hydrogen) atoms. The lowest BCUT2D eigenvalue weighted by molar-refractivity contribution is -0.115. The van der Waals surface area contributed by atoms with E-state index in [1.807, 2.05) is 36.4 Å². The highest BCUT2D eigenvalue weighted by molar-refractivity contribution is 5.93. The number of ketones is 1. The normalized spacial score (nSPS) is 24.7. The van der Waals surface area contributed by atoms with E-state index in [-0.39, 0.29) is 17.8 Å². The lowest BCUT2D eigenvalue weighted by Crippen LogP contribution is -2.24. The molecule has 0 saturated heterocycles. The predicted molar refractivity (Wildman–Crippen MR) is 58.4 cm³/mol. The standard InChI is InChI=1S/C13H14O2/c14-10-13(7-6-12(15)9-13)8-11-4-2-1-3-5-11/h1-7,14H,8-10H2. The summed E-state index contributed by atoms with van der Waals surface area (Å²) >= 11 is 0. The molecule has 2 heteroatoms. The van der Waals surface area contributed by atoms with Crippen LogP contribution in [0.2, 0.25) is 0 Å². The molecule has 1 atom stereocenters. The first-order chi connectivity index (χ1) is 7.24. The SMILES string of the molecule is O=C1C=CC(CO)(Cc2ccccc2)C1. The second-order valence-electron chi connectivity index (χ2n) is 4.16. The van der Waals surface area contributed by atoms with Gasteiger partial charge in [0.05, 0.1) is 6.61 Å². The molecule has 0 saturated carbocycles. The van der Waals surface area contributed by atoms with E-state index in [0.717, 1.165) is 12.0 Å². The Hall–Kier alpha value is -1.41. The first-order valence-corrected chi connectivity index (χ1v) is 5.11. The highest BCUT2D eigenvalue weighted by atomic mass is 16.3. The van der Waals surface area contributed by atoms with Gasteiger partial charge in [0.2, 0.25) is 0 Å². The minimum atomic E-state index is -0.363. The van der Waals surface area contributed by atoms with Gasteiger partial charge in [0.15, 0.2) is 5.78 Å². The summed E-state index contributed by atoms with van der Waals surface area (Å²) in [6, 6.07) is 9.95. The van der Waals surface area contributed by atoms with Gasteiger partial charge >= 0.3 is 0 Å². The van der Waals surface area contributed by atoms with Crippen LogP contribution >= 0.6 is 0 Å². The van der Waals surface area contributed by atoms with Crippen LogP contribution in [0.25, 0.3) is 0 Å². The molecule has 0 aliphatic heterocycles. The van der Waals surface area contributed by atoms with Crippen molar-refractivity contribution in [3.63, 3.8) is 0 Å². The van der Waals surface area contributed by atoms with Crippen LogP contribution in [0.3, 0.4) is 0 Å². The summed E-state index contributed by atoms with van der Waals surface area (Å²) in [7, 11) is 0. The van der Waals surface area contributed by atoms with Crippen molar-refractivity contribution in [1.29, 1.82) is 0 Å². The highest BCUT2D eigenvalue weighted by Crippen LogP contribution is 2.33. The average molecular weight is 202 g/mol. The largest absolute Gasteiger partial charge is 0.395 e. The lowest BCUT2D eigenvalue weighted by Gasteiger charge is -2.23. The Kier molecular flexibility index (Phi) is 2.69. The summed E-state index contributed by atoms with van der Waals surface area (Å²) in [5.74, 6) is 0.111. The summed E-state index contributed by atoms with van der Waals surface area (Å²) in [6.45, 7) is 0.0319. The first kappa shape index (κ1) is 10.1. The molecule has 78 valence electrons. The number of rotatable bonds is 3. The van der Waals surface area contributed by atoms with Crippen LogP contribution in [-0.4, -0.2) is 17.5 Å². The maximum absolute atomic E-state index is 11.2. The Balaban J connectivity index is 2.17. The van der Waals surface area contributed by atoms with Crippen LogP contribution in [0, 0.1) is 5.41 Å². The Morgan fingerprint density at radius 2 is 2.00 bits per heavy atom. The summed E-state index contributed by atoms with van der Waals surface area (Å²) in [6.07, 6.45) is 4.59. The van der Waals surface area contributed by atoms with Gasteiger partial charge in [0, 0.05) is 11.8 Å². The van der Waals surface area contributed by atoms with Crippen molar-refractivity contribution in [1.82, 2.24) is 0 Å². The lowest BCUT2D eigenvalue weighted by atomic mass is 9.82. The number of aliphatic hydroxyl groups excluding tert-OH is 1. The van der Waals surface area contributed by atoms with Crippen LogP contribution in [0.1, 0.15) is 12.0 Å². The number of hydrogen-bond acceptors (Lipinski definition) is 2. The van der Waals surface area contributed by atoms with E-state index in [9.17, 15) is 9.90 Å². The molecule has 0 fully saturated rings. The number of aliphatic hydroxyl groups is 1. The van der Waals surface area contributed by atoms with Gasteiger partial charge in [-0.3, -0.25) is 4.79 Å². The summed E-state index contributed by atoms with van der Waals surface area (Å²) in [5.41, 5.74) is 0.796. The molecule has 0 radical (unpaired) electrons. The van der Waals surface area contributed by atoms with Crippen LogP contribution in [0.15, 0.2) is 42.5 Å². The van der Waals surface area contributed by atoms with Crippen molar-refractivity contribution in [3.8, 4) is 0 Å². The summed E-state index contributed by atoms with van der Waals surface area (Å²) < 4.78 is 0. The molecule has 0 spiro atoms. The fourth-order valence-corrected chi connectivity index (χ4v) is 2.02. The highest BCUT2D eigenvalue weighted by Gasteiger charge is 2.33. The van der Waals surface area contributed by atoms with Gasteiger partial charge in [0.25, 0.3) is 0 Å². The van der Waals surface area contributed by atoms with Crippen molar-refractivity contribution < 1.29 is 9.90 Å². The summed E-state index contributed by atoms with van der Waals surface area (Å²) in [5, 5.41) is 9.39. The van der Waals surface area contributed by atoms with E-state index in [2.05, 4.69) is 0 Å². The zero-order valence-corrected chi connectivity index (χ0v) is 8.52. The minimum Gasteiger partial charge on any atom is -0.395 e. The predicted octanol–water partition coefficient (Wildman–Crippen LogP) is 1.74. The third-order valence-electron chi connectivity index (χ3n) is 2.86. The second-order valence-corrected chi connectivity index (χ2v) is 4.16. The molecular formula is C13H14O2. The third kappa shape index (κ3) is 2.16. The van der Waals surface area contributed by atoms with E-state index >= 15 is 0 Å². The Morgan fingerprint density at radius 1 is 1.27 bits per heavy atom. The Labute approximate surface area is 89.2 Å². The van der Waals surface area contributed by atoms with Gasteiger partial charge in [-0.25, -0.2) is 0 Å². The maximum Gasteiger partial charge on any atom is 0.156 e. The molecule has 2 rings (SSSR count). The number of hydrogen-bond donors (Lipinski definition) is 1. The fourth-order valence-electron chi connectivity index (χ4n) is 2.02. The quantitative estimate of drug-likeness (QED) is 0.810. The van der Waals surface area contributed by atoms with E-state index in [1.165, 1.54) is 0 Å². The number of benzene rings is 1. The van der Waals surface area contributed by atoms with Gasteiger partial charge < -0.3 is 5.11 Å². The molecule has 1 aromatic rings. The molecule has 0 heterocycles. The first-order valence-electron chi connectivity index (χ1n) is 5.11. The van der Waals surface area contributed by atoms with Crippen LogP contribution < -0.4 is 0 Å². The number of carbonyl (C=O) groups excluding carboxylic acids is 1. The zero-order chi connectivity index (χ0) is 10.7. The van der Waals surface area contributed by atoms with Crippen molar-refractivity contribution in [2.24, 2.45) is 5.41 Å². The monoisotopic (exact) mass is 202 g/mol. The molecule has 1 unspecified atom stereocenters. The molecule has 1 aliphatic carbocycles. The van der Waals surface area contributed by atoms with Gasteiger partial charge in [-0.05, 0) is 18.1 Å². The van der Waals surface area contributed by atoms with Crippen LogP contribution in [0.5, 0.6) is 0 Å². The minimum absolute atomic E-state index is 0.0319. The molecule has 0 bridgehead atoms. The number of carbonyl (C=O) groups is 1. The molecule has 0 amide bonds. The maximum atomic E-state index is 11.2. The van der Waals surface area contributed by atoms with Crippen molar-refractivity contribution >= 4 is 5.78 Å². The summed E-state index contributed by atoms with van der Waals surface area (Å²) in [4.78, 5) is 11.2. The Bertz CT molecular complexity index is 381. The van der Waals surface area contributed by atoms with Crippen LogP contribution in [-0.2, 0) is 11.2 Å². The molecule has 2 nitrogen and oxygen atoms in total. The number of allylic oxidation sites excluding steroid dienone is 1. The average Bonchev–Trinajstić information content (AvgIpc) is 2.62. The zero-order valence-electron chi connectivity index (χ0n) is 8.52. The van der Waals surface area contributed by atoms with Gasteiger partial charge in [-0.2, -0.15) is 0 Å². The van der Waals surface area contributed by atoms with Gasteiger partial charge in [-0.1, -0.05) is 36.4 Å². The van der Waals surface area contributed by atoms with E-state index in [0.29, 0.717) is 6.42 Å². The fraction of sp³-hybridized carbons (Fsp3) is 0.308. The molecule has 1 aromatic carbocycles. The van der Waals surface area contributed by atoms with Gasteiger partial charge in [0.1, 0.15) is 0 Å². The smallest absolute Gasteiger partial charge is 0.156 e. The van der Waals surface area contributed by atoms with Crippen molar-refractivity contribution in [2.45, 2.75) is 12.8 Å². The van der Waals surface area contributed by atoms with E-state index in [4.69, 9.17) is 0 Å². The Morgan fingerprint density at radius 3 is 2.53 bits per heavy atom. The second kappa shape index (κ2) is 3.99. The third-order valence-corrected chi connectivity index (χ3v) is 2.86.